The molecule has 4 rings (SSSR count). The molecular weight excluding hydrogens is 294 g/mol. The monoisotopic (exact) mass is 321 g/mol. The minimum Gasteiger partial charge on any atom is -0.379 e. The maximum atomic E-state index is 11.9. The van der Waals surface area contributed by atoms with Crippen LogP contribution in [0.5, 0.6) is 0 Å². The molecule has 2 aliphatic rings. The Hall–Kier alpha value is -1.64. The van der Waals surface area contributed by atoms with Crippen LogP contribution in [0.3, 0.4) is 0 Å². The fraction of sp³-hybridized carbons (Fsp3) is 0.455. The minimum atomic E-state index is -0.931. The summed E-state index contributed by atoms with van der Waals surface area (Å²) >= 11 is 0. The Bertz CT molecular complexity index is 623. The van der Waals surface area contributed by atoms with Gasteiger partial charge in [-0.2, -0.15) is 0 Å². The highest BCUT2D eigenvalue weighted by Gasteiger charge is 2.60. The Kier molecular flexibility index (Phi) is 4.19. The van der Waals surface area contributed by atoms with Gasteiger partial charge in [0.15, 0.2) is 0 Å². The zero-order valence-electron chi connectivity index (χ0n) is 14.4. The molecule has 1 N–H and O–H groups in total. The molecule has 1 heterocycles. The molecular formula is C22H27NO. The number of rotatable bonds is 4. The SMILES string of the molecule is C[C@@H]1[C@@H](C(O)(c2ccccc2)c2ccccc2)N1C1CCCCC1. The number of hydrogen-bond donors (Lipinski definition) is 1. The Morgan fingerprint density at radius 2 is 1.33 bits per heavy atom. The summed E-state index contributed by atoms with van der Waals surface area (Å²) in [6.45, 7) is 2.27. The first kappa shape index (κ1) is 15.9. The number of hydrogen-bond acceptors (Lipinski definition) is 2. The molecule has 1 aliphatic carbocycles. The van der Waals surface area contributed by atoms with Gasteiger partial charge in [-0.3, -0.25) is 4.90 Å². The van der Waals surface area contributed by atoms with Gasteiger partial charge in [0.05, 0.1) is 6.04 Å². The minimum absolute atomic E-state index is 0.172. The molecule has 2 fully saturated rings. The fourth-order valence-electron chi connectivity index (χ4n) is 4.77. The molecule has 0 aromatic heterocycles. The summed E-state index contributed by atoms with van der Waals surface area (Å²) in [5, 5.41) is 11.9. The van der Waals surface area contributed by atoms with E-state index in [4.69, 9.17) is 0 Å². The average Bonchev–Trinajstić information content (AvgIpc) is 3.35. The van der Waals surface area contributed by atoms with E-state index in [-0.39, 0.29) is 6.04 Å². The van der Waals surface area contributed by atoms with E-state index in [0.717, 1.165) is 11.1 Å². The van der Waals surface area contributed by atoms with E-state index in [9.17, 15) is 5.11 Å². The predicted molar refractivity (Wildman–Crippen MR) is 97.8 cm³/mol. The van der Waals surface area contributed by atoms with Crippen molar-refractivity contribution in [1.82, 2.24) is 4.90 Å². The Balaban J connectivity index is 1.72. The Morgan fingerprint density at radius 3 is 1.83 bits per heavy atom. The van der Waals surface area contributed by atoms with Crippen molar-refractivity contribution in [3.8, 4) is 0 Å². The summed E-state index contributed by atoms with van der Waals surface area (Å²) in [6.07, 6.45) is 6.58. The van der Waals surface area contributed by atoms with Crippen LogP contribution in [0.4, 0.5) is 0 Å². The zero-order chi connectivity index (χ0) is 16.6. The number of nitrogens with zero attached hydrogens (tertiary/aromatic N) is 1. The maximum Gasteiger partial charge on any atom is 0.132 e. The molecule has 2 nitrogen and oxygen atoms in total. The molecule has 0 spiro atoms. The van der Waals surface area contributed by atoms with E-state index in [1.54, 1.807) is 0 Å². The third-order valence-corrected chi connectivity index (χ3v) is 6.01. The second-order valence-electron chi connectivity index (χ2n) is 7.42. The third-order valence-electron chi connectivity index (χ3n) is 6.01. The van der Waals surface area contributed by atoms with Gasteiger partial charge in [-0.15, -0.1) is 0 Å². The van der Waals surface area contributed by atoms with E-state index in [2.05, 4.69) is 36.1 Å². The lowest BCUT2D eigenvalue weighted by molar-refractivity contribution is 0.0563. The van der Waals surface area contributed by atoms with Gasteiger partial charge in [-0.25, -0.2) is 0 Å². The molecule has 2 aromatic carbocycles. The highest BCUT2D eigenvalue weighted by molar-refractivity contribution is 5.41. The van der Waals surface area contributed by atoms with Crippen molar-refractivity contribution in [3.05, 3.63) is 71.8 Å². The van der Waals surface area contributed by atoms with Crippen molar-refractivity contribution < 1.29 is 5.11 Å². The first-order valence-electron chi connectivity index (χ1n) is 9.34. The van der Waals surface area contributed by atoms with Gasteiger partial charge < -0.3 is 5.11 Å². The van der Waals surface area contributed by atoms with Crippen LogP contribution in [-0.4, -0.2) is 28.1 Å². The molecule has 0 bridgehead atoms. The molecule has 0 amide bonds. The van der Waals surface area contributed by atoms with Crippen LogP contribution in [0.1, 0.15) is 50.2 Å². The summed E-state index contributed by atoms with van der Waals surface area (Å²) in [5.74, 6) is 0. The van der Waals surface area contributed by atoms with Gasteiger partial charge in [-0.1, -0.05) is 79.9 Å². The fourth-order valence-corrected chi connectivity index (χ4v) is 4.77. The molecule has 1 unspecified atom stereocenters. The van der Waals surface area contributed by atoms with Crippen LogP contribution >= 0.6 is 0 Å². The highest BCUT2D eigenvalue weighted by Crippen LogP contribution is 2.49. The first-order chi connectivity index (χ1) is 11.7. The quantitative estimate of drug-likeness (QED) is 0.847. The lowest BCUT2D eigenvalue weighted by atomic mass is 9.82. The van der Waals surface area contributed by atoms with Crippen molar-refractivity contribution in [1.29, 1.82) is 0 Å². The summed E-state index contributed by atoms with van der Waals surface area (Å²) in [6, 6.07) is 21.7. The molecule has 2 aromatic rings. The summed E-state index contributed by atoms with van der Waals surface area (Å²) in [5.41, 5.74) is 1.08. The lowest BCUT2D eigenvalue weighted by Gasteiger charge is -2.32. The topological polar surface area (TPSA) is 23.2 Å². The van der Waals surface area contributed by atoms with Gasteiger partial charge in [0.2, 0.25) is 0 Å². The highest BCUT2D eigenvalue weighted by atomic mass is 16.3. The van der Waals surface area contributed by atoms with Crippen LogP contribution in [0.2, 0.25) is 0 Å². The average molecular weight is 321 g/mol. The van der Waals surface area contributed by atoms with E-state index in [1.165, 1.54) is 32.1 Å². The van der Waals surface area contributed by atoms with E-state index >= 15 is 0 Å². The summed E-state index contributed by atoms with van der Waals surface area (Å²) in [7, 11) is 0. The first-order valence-corrected chi connectivity index (χ1v) is 9.34. The summed E-state index contributed by atoms with van der Waals surface area (Å²) in [4.78, 5) is 2.57. The van der Waals surface area contributed by atoms with Crippen LogP contribution in [0.15, 0.2) is 60.7 Å². The van der Waals surface area contributed by atoms with Crippen molar-refractivity contribution in [3.63, 3.8) is 0 Å². The smallest absolute Gasteiger partial charge is 0.132 e. The van der Waals surface area contributed by atoms with Crippen molar-refractivity contribution >= 4 is 0 Å². The number of benzene rings is 2. The normalized spacial score (nSPS) is 27.8. The molecule has 126 valence electrons. The molecule has 1 aliphatic heterocycles. The van der Waals surface area contributed by atoms with E-state index < -0.39 is 5.60 Å². The van der Waals surface area contributed by atoms with Gasteiger partial charge in [0.1, 0.15) is 5.60 Å². The Labute approximate surface area is 145 Å². The second kappa shape index (κ2) is 6.34. The molecule has 2 heteroatoms. The number of aliphatic hydroxyl groups is 1. The van der Waals surface area contributed by atoms with Crippen LogP contribution in [0, 0.1) is 0 Å². The van der Waals surface area contributed by atoms with E-state index in [1.807, 2.05) is 36.4 Å². The molecule has 3 atom stereocenters. The van der Waals surface area contributed by atoms with E-state index in [0.29, 0.717) is 12.1 Å². The maximum absolute atomic E-state index is 11.9. The standard InChI is InChI=1S/C22H27NO/c1-17-21(23(17)20-15-9-4-10-16-20)22(24,18-11-5-2-6-12-18)19-13-7-3-8-14-19/h2-3,5-8,11-14,17,20-21,24H,4,9-10,15-16H2,1H3/t17-,21+,23?/m1/s1. The Morgan fingerprint density at radius 1 is 0.833 bits per heavy atom. The van der Waals surface area contributed by atoms with Crippen molar-refractivity contribution in [2.75, 3.05) is 0 Å². The van der Waals surface area contributed by atoms with Gasteiger partial charge in [-0.05, 0) is 30.9 Å². The van der Waals surface area contributed by atoms with Crippen LogP contribution < -0.4 is 0 Å². The van der Waals surface area contributed by atoms with Crippen molar-refractivity contribution in [2.24, 2.45) is 0 Å². The van der Waals surface area contributed by atoms with Crippen LogP contribution in [-0.2, 0) is 5.60 Å². The van der Waals surface area contributed by atoms with Crippen molar-refractivity contribution in [2.45, 2.75) is 62.8 Å². The predicted octanol–water partition coefficient (Wildman–Crippen LogP) is 4.33. The largest absolute Gasteiger partial charge is 0.379 e. The molecule has 1 saturated heterocycles. The third kappa shape index (κ3) is 2.58. The molecule has 24 heavy (non-hydrogen) atoms. The molecule has 1 saturated carbocycles. The van der Waals surface area contributed by atoms with Gasteiger partial charge in [0.25, 0.3) is 0 Å². The summed E-state index contributed by atoms with van der Waals surface area (Å²) < 4.78 is 0. The van der Waals surface area contributed by atoms with Gasteiger partial charge in [0, 0.05) is 12.1 Å². The second-order valence-corrected chi connectivity index (χ2v) is 7.42. The van der Waals surface area contributed by atoms with Gasteiger partial charge >= 0.3 is 0 Å². The lowest BCUT2D eigenvalue weighted by Crippen LogP contribution is -2.38. The zero-order valence-corrected chi connectivity index (χ0v) is 14.4. The van der Waals surface area contributed by atoms with Crippen LogP contribution in [0.25, 0.3) is 0 Å². The molecule has 0 radical (unpaired) electrons.